The van der Waals surface area contributed by atoms with Crippen molar-refractivity contribution in [1.82, 2.24) is 15.0 Å². The van der Waals surface area contributed by atoms with Crippen molar-refractivity contribution in [2.45, 2.75) is 27.2 Å². The number of nitrogens with one attached hydrogen (secondary N) is 1. The maximum absolute atomic E-state index is 11.9. The molecule has 0 bridgehead atoms. The number of carboxylic acid groups (broad SMARTS) is 1. The largest absolute Gasteiger partial charge is 0.481 e. The van der Waals surface area contributed by atoms with E-state index in [2.05, 4.69) is 21.9 Å². The third-order valence-electron chi connectivity index (χ3n) is 4.75. The van der Waals surface area contributed by atoms with Crippen LogP contribution in [0.2, 0.25) is 0 Å². The minimum atomic E-state index is -0.759. The number of aryl methyl sites for hydroxylation is 1. The van der Waals surface area contributed by atoms with Crippen LogP contribution in [0.3, 0.4) is 0 Å². The van der Waals surface area contributed by atoms with E-state index in [1.807, 2.05) is 17.0 Å². The van der Waals surface area contributed by atoms with Gasteiger partial charge in [-0.25, -0.2) is 9.97 Å². The summed E-state index contributed by atoms with van der Waals surface area (Å²) in [6, 6.07) is 3.70. The van der Waals surface area contributed by atoms with Gasteiger partial charge in [-0.1, -0.05) is 6.92 Å². The lowest BCUT2D eigenvalue weighted by molar-refractivity contribution is -0.142. The number of hydrogen-bond donors (Lipinski definition) is 2. The summed E-state index contributed by atoms with van der Waals surface area (Å²) in [5.41, 5.74) is 1.87. The van der Waals surface area contributed by atoms with Crippen molar-refractivity contribution >= 4 is 11.8 Å². The van der Waals surface area contributed by atoms with E-state index in [1.54, 1.807) is 20.0 Å². The Morgan fingerprint density at radius 2 is 2.08 bits per heavy atom. The van der Waals surface area contributed by atoms with Crippen LogP contribution >= 0.6 is 0 Å². The summed E-state index contributed by atoms with van der Waals surface area (Å²) in [7, 11) is 0. The highest BCUT2D eigenvalue weighted by atomic mass is 16.4. The molecule has 0 aromatic carbocycles. The van der Waals surface area contributed by atoms with E-state index in [0.29, 0.717) is 36.0 Å². The summed E-state index contributed by atoms with van der Waals surface area (Å²) in [5, 5.41) is 9.30. The van der Waals surface area contributed by atoms with Gasteiger partial charge in [-0.05, 0) is 38.3 Å². The molecule has 2 aromatic heterocycles. The summed E-state index contributed by atoms with van der Waals surface area (Å²) >= 11 is 0. The van der Waals surface area contributed by atoms with Gasteiger partial charge in [-0.3, -0.25) is 9.59 Å². The van der Waals surface area contributed by atoms with Crippen molar-refractivity contribution in [2.24, 2.45) is 11.8 Å². The Morgan fingerprint density at radius 1 is 1.32 bits per heavy atom. The Balaban J connectivity index is 1.85. The molecule has 25 heavy (non-hydrogen) atoms. The molecule has 0 radical (unpaired) electrons. The Labute approximate surface area is 145 Å². The van der Waals surface area contributed by atoms with Crippen LogP contribution in [0, 0.1) is 25.7 Å². The zero-order chi connectivity index (χ0) is 18.1. The second-order valence-electron chi connectivity index (χ2n) is 6.81. The highest BCUT2D eigenvalue weighted by molar-refractivity contribution is 5.71. The number of pyridine rings is 1. The molecule has 2 aromatic rings. The number of H-pyrrole nitrogens is 1. The van der Waals surface area contributed by atoms with E-state index < -0.39 is 5.97 Å². The van der Waals surface area contributed by atoms with Gasteiger partial charge in [0.05, 0.1) is 5.92 Å². The third kappa shape index (κ3) is 3.55. The van der Waals surface area contributed by atoms with Crippen LogP contribution in [0.4, 0.5) is 5.82 Å². The van der Waals surface area contributed by atoms with Crippen LogP contribution in [0.15, 0.2) is 23.1 Å². The van der Waals surface area contributed by atoms with Crippen molar-refractivity contribution < 1.29 is 9.90 Å². The first-order valence-corrected chi connectivity index (χ1v) is 8.37. The van der Waals surface area contributed by atoms with Crippen molar-refractivity contribution in [3.63, 3.8) is 0 Å². The van der Waals surface area contributed by atoms with Gasteiger partial charge in [-0.15, -0.1) is 0 Å². The molecule has 2 N–H and O–H groups in total. The maximum Gasteiger partial charge on any atom is 0.308 e. The molecule has 2 atom stereocenters. The predicted octanol–water partition coefficient (Wildman–Crippen LogP) is 2.00. The molecular weight excluding hydrogens is 320 g/mol. The maximum atomic E-state index is 11.9. The number of aromatic amines is 1. The second-order valence-corrected chi connectivity index (χ2v) is 6.81. The molecule has 0 amide bonds. The first-order valence-electron chi connectivity index (χ1n) is 8.37. The van der Waals surface area contributed by atoms with Gasteiger partial charge in [-0.2, -0.15) is 0 Å². The Bertz CT molecular complexity index is 844. The second kappa shape index (κ2) is 6.66. The smallest absolute Gasteiger partial charge is 0.308 e. The van der Waals surface area contributed by atoms with Gasteiger partial charge in [0.15, 0.2) is 0 Å². The minimum absolute atomic E-state index is 0.152. The fourth-order valence-corrected chi connectivity index (χ4v) is 3.21. The molecular formula is C18H22N4O3. The number of aliphatic carboxylic acids is 1. The normalized spacial score (nSPS) is 20.5. The molecule has 1 aliphatic rings. The van der Waals surface area contributed by atoms with Gasteiger partial charge in [0, 0.05) is 36.1 Å². The van der Waals surface area contributed by atoms with E-state index in [4.69, 9.17) is 0 Å². The van der Waals surface area contributed by atoms with Gasteiger partial charge in [0.1, 0.15) is 11.6 Å². The van der Waals surface area contributed by atoms with Crippen molar-refractivity contribution in [3.8, 4) is 11.4 Å². The van der Waals surface area contributed by atoms with E-state index in [1.165, 1.54) is 0 Å². The predicted molar refractivity (Wildman–Crippen MR) is 94.7 cm³/mol. The summed E-state index contributed by atoms with van der Waals surface area (Å²) < 4.78 is 0. The lowest BCUT2D eigenvalue weighted by atomic mass is 9.90. The molecule has 0 spiro atoms. The molecule has 132 valence electrons. The molecule has 1 fully saturated rings. The van der Waals surface area contributed by atoms with Crippen molar-refractivity contribution in [1.29, 1.82) is 0 Å². The SMILES string of the molecule is Cc1nc(-c2ccc(N3CC(C)CC(C(=O)O)C3)nc2)[nH]c(=O)c1C. The molecule has 3 heterocycles. The van der Waals surface area contributed by atoms with E-state index in [-0.39, 0.29) is 11.5 Å². The highest BCUT2D eigenvalue weighted by Gasteiger charge is 2.30. The number of piperidine rings is 1. The molecule has 0 saturated carbocycles. The van der Waals surface area contributed by atoms with E-state index in [0.717, 1.165) is 17.9 Å². The van der Waals surface area contributed by atoms with Crippen LogP contribution in [-0.4, -0.2) is 39.1 Å². The standard InChI is InChI=1S/C18H22N4O3/c1-10-6-14(18(24)25)9-22(8-10)15-5-4-13(7-19-15)16-20-12(3)11(2)17(23)21-16/h4-5,7,10,14H,6,8-9H2,1-3H3,(H,24,25)(H,20,21,23). The zero-order valence-electron chi connectivity index (χ0n) is 14.6. The summed E-state index contributed by atoms with van der Waals surface area (Å²) in [6.07, 6.45) is 2.36. The summed E-state index contributed by atoms with van der Waals surface area (Å²) in [5.74, 6) is 0.400. The lowest BCUT2D eigenvalue weighted by Gasteiger charge is -2.35. The molecule has 1 aliphatic heterocycles. The zero-order valence-corrected chi connectivity index (χ0v) is 14.6. The average Bonchev–Trinajstić information content (AvgIpc) is 2.58. The molecule has 0 aliphatic carbocycles. The number of anilines is 1. The number of carboxylic acids is 1. The lowest BCUT2D eigenvalue weighted by Crippen LogP contribution is -2.42. The minimum Gasteiger partial charge on any atom is -0.481 e. The average molecular weight is 342 g/mol. The van der Waals surface area contributed by atoms with Gasteiger partial charge >= 0.3 is 5.97 Å². The van der Waals surface area contributed by atoms with Gasteiger partial charge in [0.2, 0.25) is 0 Å². The highest BCUT2D eigenvalue weighted by Crippen LogP contribution is 2.26. The quantitative estimate of drug-likeness (QED) is 0.885. The molecule has 3 rings (SSSR count). The Morgan fingerprint density at radius 3 is 2.68 bits per heavy atom. The fraction of sp³-hybridized carbons (Fsp3) is 0.444. The van der Waals surface area contributed by atoms with E-state index in [9.17, 15) is 14.7 Å². The number of aromatic nitrogens is 3. The monoisotopic (exact) mass is 342 g/mol. The Hall–Kier alpha value is -2.70. The number of carbonyl (C=O) groups is 1. The van der Waals surface area contributed by atoms with Crippen LogP contribution < -0.4 is 10.5 Å². The first kappa shape index (κ1) is 17.1. The number of rotatable bonds is 3. The molecule has 7 nitrogen and oxygen atoms in total. The van der Waals surface area contributed by atoms with Gasteiger partial charge in [0.25, 0.3) is 5.56 Å². The molecule has 2 unspecified atom stereocenters. The molecule has 1 saturated heterocycles. The van der Waals surface area contributed by atoms with Crippen molar-refractivity contribution in [3.05, 3.63) is 39.9 Å². The fourth-order valence-electron chi connectivity index (χ4n) is 3.21. The third-order valence-corrected chi connectivity index (χ3v) is 4.75. The van der Waals surface area contributed by atoms with Crippen LogP contribution in [-0.2, 0) is 4.79 Å². The van der Waals surface area contributed by atoms with Crippen LogP contribution in [0.25, 0.3) is 11.4 Å². The summed E-state index contributed by atoms with van der Waals surface area (Å²) in [6.45, 7) is 6.85. The number of hydrogen-bond acceptors (Lipinski definition) is 5. The number of nitrogens with zero attached hydrogens (tertiary/aromatic N) is 3. The Kier molecular flexibility index (Phi) is 4.57. The van der Waals surface area contributed by atoms with Gasteiger partial charge < -0.3 is 15.0 Å². The van der Waals surface area contributed by atoms with Crippen LogP contribution in [0.5, 0.6) is 0 Å². The van der Waals surface area contributed by atoms with Crippen LogP contribution in [0.1, 0.15) is 24.6 Å². The summed E-state index contributed by atoms with van der Waals surface area (Å²) in [4.78, 5) is 36.9. The topological polar surface area (TPSA) is 99.2 Å². The van der Waals surface area contributed by atoms with Crippen molar-refractivity contribution in [2.75, 3.05) is 18.0 Å². The van der Waals surface area contributed by atoms with E-state index >= 15 is 0 Å². The first-order chi connectivity index (χ1) is 11.8. The molecule has 7 heteroatoms.